The molecule has 0 unspecified atom stereocenters. The standard InChI is InChI=1S/C14H20/c1-11-7-6-8-13(9-11)12(2)10-14(3,4)5/h6-9H,2,10H2,1,3-5H3. The van der Waals surface area contributed by atoms with Crippen LogP contribution in [0.1, 0.15) is 38.3 Å². The molecule has 1 rings (SSSR count). The molecule has 0 heterocycles. The molecule has 14 heavy (non-hydrogen) atoms. The average Bonchev–Trinajstić information content (AvgIpc) is 2.01. The summed E-state index contributed by atoms with van der Waals surface area (Å²) in [7, 11) is 0. The van der Waals surface area contributed by atoms with Gasteiger partial charge >= 0.3 is 0 Å². The third-order valence-corrected chi connectivity index (χ3v) is 2.17. The number of aryl methyl sites for hydroxylation is 1. The smallest absolute Gasteiger partial charge is 0.0228 e. The van der Waals surface area contributed by atoms with Gasteiger partial charge in [-0.1, -0.05) is 57.2 Å². The van der Waals surface area contributed by atoms with E-state index in [9.17, 15) is 0 Å². The van der Waals surface area contributed by atoms with Crippen LogP contribution in [0, 0.1) is 12.3 Å². The third kappa shape index (κ3) is 3.37. The van der Waals surface area contributed by atoms with Crippen molar-refractivity contribution >= 4 is 5.57 Å². The highest BCUT2D eigenvalue weighted by Crippen LogP contribution is 2.29. The molecule has 0 aliphatic heterocycles. The minimum absolute atomic E-state index is 0.320. The molecule has 1 aromatic rings. The van der Waals surface area contributed by atoms with Gasteiger partial charge in [0, 0.05) is 0 Å². The van der Waals surface area contributed by atoms with E-state index >= 15 is 0 Å². The van der Waals surface area contributed by atoms with Crippen molar-refractivity contribution < 1.29 is 0 Å². The van der Waals surface area contributed by atoms with E-state index in [0.29, 0.717) is 5.41 Å². The monoisotopic (exact) mass is 188 g/mol. The van der Waals surface area contributed by atoms with Gasteiger partial charge < -0.3 is 0 Å². The summed E-state index contributed by atoms with van der Waals surface area (Å²) in [6.45, 7) is 13.0. The molecule has 0 saturated heterocycles. The molecule has 1 aromatic carbocycles. The number of hydrogen-bond donors (Lipinski definition) is 0. The van der Waals surface area contributed by atoms with E-state index in [0.717, 1.165) is 6.42 Å². The molecule has 0 amide bonds. The highest BCUT2D eigenvalue weighted by atomic mass is 14.2. The van der Waals surface area contributed by atoms with Crippen LogP contribution in [0.25, 0.3) is 5.57 Å². The largest absolute Gasteiger partial charge is 0.0952 e. The summed E-state index contributed by atoms with van der Waals surface area (Å²) < 4.78 is 0. The van der Waals surface area contributed by atoms with E-state index in [-0.39, 0.29) is 0 Å². The topological polar surface area (TPSA) is 0 Å². The molecule has 0 saturated carbocycles. The molecule has 0 nitrogen and oxygen atoms in total. The molecule has 76 valence electrons. The van der Waals surface area contributed by atoms with Gasteiger partial charge in [0.1, 0.15) is 0 Å². The zero-order valence-electron chi connectivity index (χ0n) is 9.72. The van der Waals surface area contributed by atoms with Crippen LogP contribution in [-0.2, 0) is 0 Å². The Morgan fingerprint density at radius 1 is 1.29 bits per heavy atom. The number of allylic oxidation sites excluding steroid dienone is 1. The highest BCUT2D eigenvalue weighted by molar-refractivity contribution is 5.64. The number of hydrogen-bond acceptors (Lipinski definition) is 0. The van der Waals surface area contributed by atoms with Gasteiger partial charge in [0.05, 0.1) is 0 Å². The van der Waals surface area contributed by atoms with Crippen LogP contribution in [0.15, 0.2) is 30.8 Å². The molecule has 0 spiro atoms. The predicted octanol–water partition coefficient (Wildman–Crippen LogP) is 4.44. The Bertz CT molecular complexity index is 326. The first-order valence-corrected chi connectivity index (χ1v) is 5.13. The van der Waals surface area contributed by atoms with Crippen LogP contribution in [0.5, 0.6) is 0 Å². The van der Waals surface area contributed by atoms with Crippen molar-refractivity contribution in [2.75, 3.05) is 0 Å². The fraction of sp³-hybridized carbons (Fsp3) is 0.429. The molecule has 0 aliphatic carbocycles. The predicted molar refractivity (Wildman–Crippen MR) is 64.3 cm³/mol. The number of rotatable bonds is 2. The summed E-state index contributed by atoms with van der Waals surface area (Å²) in [5.41, 5.74) is 4.14. The molecule has 0 radical (unpaired) electrons. The molecule has 0 atom stereocenters. The second kappa shape index (κ2) is 4.00. The molecule has 0 bridgehead atoms. The maximum atomic E-state index is 4.15. The van der Waals surface area contributed by atoms with Gasteiger partial charge in [-0.3, -0.25) is 0 Å². The van der Waals surface area contributed by atoms with Crippen molar-refractivity contribution in [2.24, 2.45) is 5.41 Å². The summed E-state index contributed by atoms with van der Waals surface area (Å²) in [6.07, 6.45) is 1.05. The Morgan fingerprint density at radius 2 is 1.93 bits per heavy atom. The van der Waals surface area contributed by atoms with Gasteiger partial charge in [-0.15, -0.1) is 0 Å². The Balaban J connectivity index is 2.80. The van der Waals surface area contributed by atoms with Gasteiger partial charge in [-0.2, -0.15) is 0 Å². The van der Waals surface area contributed by atoms with Crippen molar-refractivity contribution in [1.82, 2.24) is 0 Å². The van der Waals surface area contributed by atoms with Gasteiger partial charge in [-0.05, 0) is 29.9 Å². The van der Waals surface area contributed by atoms with E-state index < -0.39 is 0 Å². The lowest BCUT2D eigenvalue weighted by Crippen LogP contribution is -2.05. The first-order chi connectivity index (χ1) is 6.38. The Labute approximate surface area is 87.7 Å². The zero-order valence-corrected chi connectivity index (χ0v) is 9.72. The van der Waals surface area contributed by atoms with E-state index in [1.807, 2.05) is 0 Å². The van der Waals surface area contributed by atoms with Crippen molar-refractivity contribution in [3.8, 4) is 0 Å². The van der Waals surface area contributed by atoms with Crippen LogP contribution in [0.3, 0.4) is 0 Å². The fourth-order valence-electron chi connectivity index (χ4n) is 1.61. The van der Waals surface area contributed by atoms with Crippen LogP contribution in [0.2, 0.25) is 0 Å². The first-order valence-electron chi connectivity index (χ1n) is 5.13. The van der Waals surface area contributed by atoms with Crippen LogP contribution in [0.4, 0.5) is 0 Å². The molecule has 0 heteroatoms. The molecule has 0 N–H and O–H groups in total. The van der Waals surface area contributed by atoms with Crippen LogP contribution in [-0.4, -0.2) is 0 Å². The lowest BCUT2D eigenvalue weighted by molar-refractivity contribution is 0.427. The summed E-state index contributed by atoms with van der Waals surface area (Å²) >= 11 is 0. The first kappa shape index (κ1) is 11.0. The minimum atomic E-state index is 0.320. The molecular formula is C14H20. The van der Waals surface area contributed by atoms with Gasteiger partial charge in [0.2, 0.25) is 0 Å². The molecule has 0 aromatic heterocycles. The van der Waals surface area contributed by atoms with Crippen molar-refractivity contribution in [2.45, 2.75) is 34.1 Å². The average molecular weight is 188 g/mol. The molecular weight excluding hydrogens is 168 g/mol. The normalized spacial score (nSPS) is 11.4. The fourth-order valence-corrected chi connectivity index (χ4v) is 1.61. The number of benzene rings is 1. The van der Waals surface area contributed by atoms with Crippen molar-refractivity contribution in [3.63, 3.8) is 0 Å². The van der Waals surface area contributed by atoms with Gasteiger partial charge in [0.15, 0.2) is 0 Å². The Morgan fingerprint density at radius 3 is 2.43 bits per heavy atom. The molecule has 0 fully saturated rings. The van der Waals surface area contributed by atoms with Crippen LogP contribution < -0.4 is 0 Å². The minimum Gasteiger partial charge on any atom is -0.0952 e. The van der Waals surface area contributed by atoms with E-state index in [4.69, 9.17) is 0 Å². The summed E-state index contributed by atoms with van der Waals surface area (Å²) in [6, 6.07) is 8.56. The molecule has 0 aliphatic rings. The van der Waals surface area contributed by atoms with Gasteiger partial charge in [-0.25, -0.2) is 0 Å². The summed E-state index contributed by atoms with van der Waals surface area (Å²) in [5, 5.41) is 0. The third-order valence-electron chi connectivity index (χ3n) is 2.17. The zero-order chi connectivity index (χ0) is 10.8. The van der Waals surface area contributed by atoms with Crippen molar-refractivity contribution in [3.05, 3.63) is 42.0 Å². The Hall–Kier alpha value is -1.04. The van der Waals surface area contributed by atoms with E-state index in [1.165, 1.54) is 16.7 Å². The van der Waals surface area contributed by atoms with Gasteiger partial charge in [0.25, 0.3) is 0 Å². The van der Waals surface area contributed by atoms with Crippen molar-refractivity contribution in [1.29, 1.82) is 0 Å². The second-order valence-electron chi connectivity index (χ2n) is 5.21. The summed E-state index contributed by atoms with van der Waals surface area (Å²) in [4.78, 5) is 0. The maximum Gasteiger partial charge on any atom is -0.0228 e. The quantitative estimate of drug-likeness (QED) is 0.643. The van der Waals surface area contributed by atoms with Crippen LogP contribution >= 0.6 is 0 Å². The van der Waals surface area contributed by atoms with E-state index in [2.05, 4.69) is 58.5 Å². The SMILES string of the molecule is C=C(CC(C)(C)C)c1cccc(C)c1. The maximum absolute atomic E-state index is 4.15. The highest BCUT2D eigenvalue weighted by Gasteiger charge is 2.12. The second-order valence-corrected chi connectivity index (χ2v) is 5.21. The lowest BCUT2D eigenvalue weighted by atomic mass is 9.86. The summed E-state index contributed by atoms with van der Waals surface area (Å²) in [5.74, 6) is 0. The Kier molecular flexibility index (Phi) is 3.15. The lowest BCUT2D eigenvalue weighted by Gasteiger charge is -2.20. The van der Waals surface area contributed by atoms with E-state index in [1.54, 1.807) is 0 Å².